The van der Waals surface area contributed by atoms with E-state index in [1.807, 2.05) is 13.0 Å². The minimum atomic E-state index is 0.0891. The Kier molecular flexibility index (Phi) is 3.77. The molecule has 1 fully saturated rings. The van der Waals surface area contributed by atoms with E-state index in [-0.39, 0.29) is 6.10 Å². The maximum absolute atomic E-state index is 5.90. The molecule has 3 heteroatoms. The second kappa shape index (κ2) is 5.90. The summed E-state index contributed by atoms with van der Waals surface area (Å²) in [5.74, 6) is 2.67. The molecule has 0 N–H and O–H groups in total. The van der Waals surface area contributed by atoms with E-state index in [2.05, 4.69) is 35.2 Å². The van der Waals surface area contributed by atoms with E-state index in [4.69, 9.17) is 9.15 Å². The highest BCUT2D eigenvalue weighted by molar-refractivity contribution is 5.32. The van der Waals surface area contributed by atoms with E-state index in [0.29, 0.717) is 0 Å². The van der Waals surface area contributed by atoms with Gasteiger partial charge in [0.1, 0.15) is 17.6 Å². The van der Waals surface area contributed by atoms with Crippen molar-refractivity contribution in [3.05, 3.63) is 59.0 Å². The van der Waals surface area contributed by atoms with Gasteiger partial charge in [0.2, 0.25) is 0 Å². The van der Waals surface area contributed by atoms with Crippen LogP contribution in [-0.4, -0.2) is 31.1 Å². The van der Waals surface area contributed by atoms with Gasteiger partial charge in [-0.1, -0.05) is 24.3 Å². The monoisotopic (exact) mass is 297 g/mol. The van der Waals surface area contributed by atoms with Crippen LogP contribution < -0.4 is 0 Å². The molecule has 4 rings (SSSR count). The fourth-order valence-corrected chi connectivity index (χ4v) is 3.81. The van der Waals surface area contributed by atoms with E-state index in [1.54, 1.807) is 11.1 Å². The lowest BCUT2D eigenvalue weighted by atomic mass is 10.0. The third kappa shape index (κ3) is 2.83. The van der Waals surface area contributed by atoms with Crippen LogP contribution in [0.15, 0.2) is 40.8 Å². The Bertz CT molecular complexity index is 623. The van der Waals surface area contributed by atoms with Crippen molar-refractivity contribution in [1.82, 2.24) is 4.90 Å². The molecule has 1 aromatic heterocycles. The van der Waals surface area contributed by atoms with Gasteiger partial charge in [-0.2, -0.15) is 0 Å². The fraction of sp³-hybridized carbons (Fsp3) is 0.474. The van der Waals surface area contributed by atoms with Crippen molar-refractivity contribution in [1.29, 1.82) is 0 Å². The topological polar surface area (TPSA) is 25.6 Å². The number of fused-ring (bicyclic) bond motifs is 1. The summed E-state index contributed by atoms with van der Waals surface area (Å²) in [4.78, 5) is 2.54. The Morgan fingerprint density at radius 1 is 1.09 bits per heavy atom. The Morgan fingerprint density at radius 2 is 1.86 bits per heavy atom. The van der Waals surface area contributed by atoms with Gasteiger partial charge in [-0.15, -0.1) is 0 Å². The van der Waals surface area contributed by atoms with Crippen LogP contribution in [-0.2, 0) is 17.6 Å². The second-order valence-electron chi connectivity index (χ2n) is 6.61. The third-order valence-corrected chi connectivity index (χ3v) is 4.88. The normalized spacial score (nSPS) is 22.9. The van der Waals surface area contributed by atoms with Crippen molar-refractivity contribution in [3.63, 3.8) is 0 Å². The van der Waals surface area contributed by atoms with Crippen LogP contribution in [0.5, 0.6) is 0 Å². The summed E-state index contributed by atoms with van der Waals surface area (Å²) in [5, 5.41) is 0. The largest absolute Gasteiger partial charge is 0.464 e. The lowest BCUT2D eigenvalue weighted by molar-refractivity contribution is -0.0440. The van der Waals surface area contributed by atoms with Gasteiger partial charge < -0.3 is 9.15 Å². The highest BCUT2D eigenvalue weighted by Gasteiger charge is 2.28. The van der Waals surface area contributed by atoms with Crippen LogP contribution in [0.4, 0.5) is 0 Å². The quantitative estimate of drug-likeness (QED) is 0.868. The summed E-state index contributed by atoms with van der Waals surface area (Å²) >= 11 is 0. The van der Waals surface area contributed by atoms with Crippen LogP contribution in [0.1, 0.15) is 28.8 Å². The Morgan fingerprint density at radius 3 is 2.55 bits per heavy atom. The van der Waals surface area contributed by atoms with Crippen LogP contribution >= 0.6 is 0 Å². The average Bonchev–Trinajstić information content (AvgIpc) is 3.13. The van der Waals surface area contributed by atoms with Crippen LogP contribution in [0, 0.1) is 12.8 Å². The van der Waals surface area contributed by atoms with Crippen molar-refractivity contribution in [2.45, 2.75) is 25.9 Å². The predicted molar refractivity (Wildman–Crippen MR) is 85.9 cm³/mol. The molecule has 3 nitrogen and oxygen atoms in total. The Hall–Kier alpha value is -1.58. The SMILES string of the molecule is Cc1ccc([C@@H]2CN(CC3Cc4ccccc4C3)CCO2)o1. The Labute approximate surface area is 131 Å². The molecule has 116 valence electrons. The minimum Gasteiger partial charge on any atom is -0.464 e. The van der Waals surface area contributed by atoms with Crippen molar-refractivity contribution in [2.24, 2.45) is 5.92 Å². The fourth-order valence-electron chi connectivity index (χ4n) is 3.81. The molecule has 1 aromatic carbocycles. The van der Waals surface area contributed by atoms with Crippen LogP contribution in [0.25, 0.3) is 0 Å². The number of furan rings is 1. The number of morpholine rings is 1. The third-order valence-electron chi connectivity index (χ3n) is 4.88. The van der Waals surface area contributed by atoms with Crippen molar-refractivity contribution >= 4 is 0 Å². The van der Waals surface area contributed by atoms with Gasteiger partial charge in [0.05, 0.1) is 6.61 Å². The van der Waals surface area contributed by atoms with E-state index in [9.17, 15) is 0 Å². The maximum atomic E-state index is 5.90. The first-order chi connectivity index (χ1) is 10.8. The number of benzene rings is 1. The first-order valence-electron chi connectivity index (χ1n) is 8.25. The first-order valence-corrected chi connectivity index (χ1v) is 8.25. The maximum Gasteiger partial charge on any atom is 0.134 e. The van der Waals surface area contributed by atoms with Crippen molar-refractivity contribution in [2.75, 3.05) is 26.2 Å². The van der Waals surface area contributed by atoms with Crippen molar-refractivity contribution in [3.8, 4) is 0 Å². The predicted octanol–water partition coefficient (Wildman–Crippen LogP) is 3.38. The highest BCUT2D eigenvalue weighted by Crippen LogP contribution is 2.29. The van der Waals surface area contributed by atoms with Gasteiger partial charge in [0.15, 0.2) is 0 Å². The summed E-state index contributed by atoms with van der Waals surface area (Å²) in [6.45, 7) is 5.92. The molecule has 1 atom stereocenters. The van der Waals surface area contributed by atoms with Gasteiger partial charge >= 0.3 is 0 Å². The molecule has 0 radical (unpaired) electrons. The molecule has 0 bridgehead atoms. The highest BCUT2D eigenvalue weighted by atomic mass is 16.5. The lowest BCUT2D eigenvalue weighted by Crippen LogP contribution is -2.41. The van der Waals surface area contributed by atoms with Gasteiger partial charge in [0.25, 0.3) is 0 Å². The lowest BCUT2D eigenvalue weighted by Gasteiger charge is -2.33. The van der Waals surface area contributed by atoms with Crippen molar-refractivity contribution < 1.29 is 9.15 Å². The molecule has 0 saturated carbocycles. The zero-order chi connectivity index (χ0) is 14.9. The molecule has 2 aromatic rings. The van der Waals surface area contributed by atoms with E-state index < -0.39 is 0 Å². The summed E-state index contributed by atoms with van der Waals surface area (Å²) in [5.41, 5.74) is 3.08. The summed E-state index contributed by atoms with van der Waals surface area (Å²) in [6.07, 6.45) is 2.53. The average molecular weight is 297 g/mol. The number of rotatable bonds is 3. The molecule has 2 heterocycles. The van der Waals surface area contributed by atoms with Gasteiger partial charge in [-0.05, 0) is 48.9 Å². The molecular formula is C19H23NO2. The zero-order valence-corrected chi connectivity index (χ0v) is 13.1. The number of hydrogen-bond donors (Lipinski definition) is 0. The van der Waals surface area contributed by atoms with Gasteiger partial charge in [-0.25, -0.2) is 0 Å². The van der Waals surface area contributed by atoms with Gasteiger partial charge in [0, 0.05) is 19.6 Å². The molecule has 1 saturated heterocycles. The van der Waals surface area contributed by atoms with E-state index >= 15 is 0 Å². The Balaban J connectivity index is 1.38. The number of ether oxygens (including phenoxy) is 1. The van der Waals surface area contributed by atoms with Gasteiger partial charge in [-0.3, -0.25) is 4.90 Å². The summed E-state index contributed by atoms with van der Waals surface area (Å²) in [7, 11) is 0. The summed E-state index contributed by atoms with van der Waals surface area (Å²) < 4.78 is 11.6. The number of nitrogens with zero attached hydrogens (tertiary/aromatic N) is 1. The number of aryl methyl sites for hydroxylation is 1. The molecule has 0 amide bonds. The van der Waals surface area contributed by atoms with Crippen LogP contribution in [0.2, 0.25) is 0 Å². The molecule has 1 aliphatic heterocycles. The van der Waals surface area contributed by atoms with Crippen LogP contribution in [0.3, 0.4) is 0 Å². The standard InChI is InChI=1S/C19H23NO2/c1-14-6-7-18(22-14)19-13-20(8-9-21-19)12-15-10-16-4-2-3-5-17(16)11-15/h2-7,15,19H,8-13H2,1H3/t19-/m0/s1. The smallest absolute Gasteiger partial charge is 0.134 e. The molecular weight excluding hydrogens is 274 g/mol. The van der Waals surface area contributed by atoms with E-state index in [0.717, 1.165) is 43.7 Å². The summed E-state index contributed by atoms with van der Waals surface area (Å²) in [6, 6.07) is 12.9. The zero-order valence-electron chi connectivity index (χ0n) is 13.1. The van der Waals surface area contributed by atoms with E-state index in [1.165, 1.54) is 12.8 Å². The molecule has 0 spiro atoms. The molecule has 22 heavy (non-hydrogen) atoms. The second-order valence-corrected chi connectivity index (χ2v) is 6.61. The number of hydrogen-bond acceptors (Lipinski definition) is 3. The minimum absolute atomic E-state index is 0.0891. The molecule has 2 aliphatic rings. The molecule has 0 unspecified atom stereocenters. The first kappa shape index (κ1) is 14.0. The molecule has 1 aliphatic carbocycles.